The molecular formula is C14H26N2O2. The first-order valence-corrected chi connectivity index (χ1v) is 7.35. The van der Waals surface area contributed by atoms with Crippen molar-refractivity contribution >= 4 is 5.91 Å². The van der Waals surface area contributed by atoms with Crippen LogP contribution in [0.25, 0.3) is 0 Å². The van der Waals surface area contributed by atoms with E-state index in [1.165, 1.54) is 12.8 Å². The Bertz CT molecular complexity index is 286. The van der Waals surface area contributed by atoms with Gasteiger partial charge in [-0.15, -0.1) is 0 Å². The third-order valence-corrected chi connectivity index (χ3v) is 4.75. The van der Waals surface area contributed by atoms with Gasteiger partial charge in [-0.25, -0.2) is 0 Å². The summed E-state index contributed by atoms with van der Waals surface area (Å²) < 4.78 is 0. The molecule has 1 saturated heterocycles. The molecule has 1 aliphatic heterocycles. The normalized spacial score (nSPS) is 28.1. The first kappa shape index (κ1) is 13.8. The summed E-state index contributed by atoms with van der Waals surface area (Å²) in [6.45, 7) is 1.35. The van der Waals surface area contributed by atoms with Crippen molar-refractivity contribution in [2.45, 2.75) is 57.4 Å². The van der Waals surface area contributed by atoms with E-state index in [1.54, 1.807) is 0 Å². The molecule has 0 radical (unpaired) electrons. The van der Waals surface area contributed by atoms with E-state index in [4.69, 9.17) is 5.73 Å². The standard InChI is InChI=1S/C14H26N2O2/c15-11-14(7-3-1-2-4-8-14)13(18)16-9-5-6-12(16)10-17/h12,17H,1-11,15H2/t12-/m1/s1. The zero-order valence-corrected chi connectivity index (χ0v) is 11.2. The summed E-state index contributed by atoms with van der Waals surface area (Å²) in [7, 11) is 0. The fourth-order valence-corrected chi connectivity index (χ4v) is 3.51. The van der Waals surface area contributed by atoms with Crippen LogP contribution in [-0.4, -0.2) is 41.7 Å². The third kappa shape index (κ3) is 2.54. The predicted octanol–water partition coefficient (Wildman–Crippen LogP) is 1.27. The van der Waals surface area contributed by atoms with E-state index in [2.05, 4.69) is 0 Å². The number of nitrogens with two attached hydrogens (primary N) is 1. The number of amides is 1. The molecule has 2 aliphatic rings. The molecule has 1 saturated carbocycles. The largest absolute Gasteiger partial charge is 0.394 e. The Morgan fingerprint density at radius 1 is 1.22 bits per heavy atom. The molecule has 1 heterocycles. The Labute approximate surface area is 110 Å². The fourth-order valence-electron chi connectivity index (χ4n) is 3.51. The van der Waals surface area contributed by atoms with Gasteiger partial charge in [0.15, 0.2) is 0 Å². The van der Waals surface area contributed by atoms with Crippen LogP contribution in [0.4, 0.5) is 0 Å². The molecule has 0 unspecified atom stereocenters. The molecule has 3 N–H and O–H groups in total. The number of rotatable bonds is 3. The van der Waals surface area contributed by atoms with Gasteiger partial charge in [0.2, 0.25) is 5.91 Å². The van der Waals surface area contributed by atoms with E-state index >= 15 is 0 Å². The number of hydrogen-bond acceptors (Lipinski definition) is 3. The quantitative estimate of drug-likeness (QED) is 0.745. The monoisotopic (exact) mass is 254 g/mol. The molecule has 0 aromatic heterocycles. The van der Waals surface area contributed by atoms with Gasteiger partial charge in [-0.05, 0) is 25.7 Å². The maximum absolute atomic E-state index is 12.8. The highest BCUT2D eigenvalue weighted by atomic mass is 16.3. The molecule has 1 aliphatic carbocycles. The summed E-state index contributed by atoms with van der Waals surface area (Å²) in [5.41, 5.74) is 5.61. The van der Waals surface area contributed by atoms with Crippen molar-refractivity contribution in [3.05, 3.63) is 0 Å². The summed E-state index contributed by atoms with van der Waals surface area (Å²) in [4.78, 5) is 14.7. The molecule has 18 heavy (non-hydrogen) atoms. The van der Waals surface area contributed by atoms with Crippen molar-refractivity contribution < 1.29 is 9.90 Å². The second-order valence-corrected chi connectivity index (χ2v) is 5.88. The lowest BCUT2D eigenvalue weighted by atomic mass is 9.79. The molecule has 4 nitrogen and oxygen atoms in total. The van der Waals surface area contributed by atoms with Crippen LogP contribution in [0.5, 0.6) is 0 Å². The Hall–Kier alpha value is -0.610. The average Bonchev–Trinajstić information content (AvgIpc) is 2.74. The summed E-state index contributed by atoms with van der Waals surface area (Å²) in [5, 5.41) is 9.37. The van der Waals surface area contributed by atoms with Gasteiger partial charge >= 0.3 is 0 Å². The minimum atomic E-state index is -0.339. The van der Waals surface area contributed by atoms with Gasteiger partial charge in [-0.3, -0.25) is 4.79 Å². The van der Waals surface area contributed by atoms with Gasteiger partial charge < -0.3 is 15.7 Å². The van der Waals surface area contributed by atoms with Crippen LogP contribution in [0.15, 0.2) is 0 Å². The molecule has 104 valence electrons. The van der Waals surface area contributed by atoms with Crippen LogP contribution in [0, 0.1) is 5.41 Å². The maximum Gasteiger partial charge on any atom is 0.230 e. The van der Waals surface area contributed by atoms with E-state index in [1.807, 2.05) is 4.90 Å². The van der Waals surface area contributed by atoms with Gasteiger partial charge in [-0.2, -0.15) is 0 Å². The molecule has 1 amide bonds. The zero-order chi connectivity index (χ0) is 13.0. The summed E-state index contributed by atoms with van der Waals surface area (Å²) in [5.74, 6) is 0.212. The average molecular weight is 254 g/mol. The molecule has 2 rings (SSSR count). The fraction of sp³-hybridized carbons (Fsp3) is 0.929. The van der Waals surface area contributed by atoms with Crippen molar-refractivity contribution in [1.82, 2.24) is 4.90 Å². The van der Waals surface area contributed by atoms with Crippen molar-refractivity contribution in [2.75, 3.05) is 19.7 Å². The topological polar surface area (TPSA) is 66.6 Å². The van der Waals surface area contributed by atoms with E-state index in [0.29, 0.717) is 6.54 Å². The van der Waals surface area contributed by atoms with E-state index in [-0.39, 0.29) is 24.0 Å². The summed E-state index contributed by atoms with van der Waals surface area (Å²) in [6.07, 6.45) is 8.46. The van der Waals surface area contributed by atoms with Crippen LogP contribution in [0.1, 0.15) is 51.4 Å². The second-order valence-electron chi connectivity index (χ2n) is 5.88. The van der Waals surface area contributed by atoms with Crippen LogP contribution in [-0.2, 0) is 4.79 Å². The van der Waals surface area contributed by atoms with Crippen molar-refractivity contribution in [3.63, 3.8) is 0 Å². The molecule has 4 heteroatoms. The molecule has 2 fully saturated rings. The lowest BCUT2D eigenvalue weighted by Crippen LogP contribution is -2.50. The lowest BCUT2D eigenvalue weighted by molar-refractivity contribution is -0.144. The maximum atomic E-state index is 12.8. The van der Waals surface area contributed by atoms with Gasteiger partial charge in [0, 0.05) is 13.1 Å². The molecule has 0 spiro atoms. The van der Waals surface area contributed by atoms with Crippen LogP contribution in [0.2, 0.25) is 0 Å². The van der Waals surface area contributed by atoms with Crippen molar-refractivity contribution in [3.8, 4) is 0 Å². The number of carbonyl (C=O) groups is 1. The third-order valence-electron chi connectivity index (χ3n) is 4.75. The molecule has 0 aromatic rings. The Morgan fingerprint density at radius 3 is 2.44 bits per heavy atom. The number of hydrogen-bond donors (Lipinski definition) is 2. The lowest BCUT2D eigenvalue weighted by Gasteiger charge is -2.36. The predicted molar refractivity (Wildman–Crippen MR) is 71.0 cm³/mol. The van der Waals surface area contributed by atoms with Crippen molar-refractivity contribution in [1.29, 1.82) is 0 Å². The molecule has 1 atom stereocenters. The molecular weight excluding hydrogens is 228 g/mol. The number of carbonyl (C=O) groups excluding carboxylic acids is 1. The van der Waals surface area contributed by atoms with Gasteiger partial charge in [0.05, 0.1) is 18.1 Å². The molecule has 0 bridgehead atoms. The summed E-state index contributed by atoms with van der Waals surface area (Å²) in [6, 6.07) is 0.0316. The van der Waals surface area contributed by atoms with E-state index < -0.39 is 0 Å². The van der Waals surface area contributed by atoms with E-state index in [9.17, 15) is 9.90 Å². The zero-order valence-electron chi connectivity index (χ0n) is 11.2. The van der Waals surface area contributed by atoms with Gasteiger partial charge in [0.25, 0.3) is 0 Å². The first-order valence-electron chi connectivity index (χ1n) is 7.35. The van der Waals surface area contributed by atoms with Crippen molar-refractivity contribution in [2.24, 2.45) is 11.1 Å². The van der Waals surface area contributed by atoms with Crippen LogP contribution >= 0.6 is 0 Å². The van der Waals surface area contributed by atoms with Gasteiger partial charge in [0.1, 0.15) is 0 Å². The highest BCUT2D eigenvalue weighted by molar-refractivity contribution is 5.83. The van der Waals surface area contributed by atoms with Gasteiger partial charge in [-0.1, -0.05) is 25.7 Å². The number of aliphatic hydroxyl groups is 1. The smallest absolute Gasteiger partial charge is 0.230 e. The SMILES string of the molecule is NCC1(C(=O)N2CCC[C@@H]2CO)CCCCCC1. The van der Waals surface area contributed by atoms with E-state index in [0.717, 1.165) is 45.1 Å². The first-order chi connectivity index (χ1) is 8.73. The number of likely N-dealkylation sites (tertiary alicyclic amines) is 1. The second kappa shape index (κ2) is 6.02. The number of aliphatic hydroxyl groups excluding tert-OH is 1. The number of nitrogens with zero attached hydrogens (tertiary/aromatic N) is 1. The minimum Gasteiger partial charge on any atom is -0.394 e. The Morgan fingerprint density at radius 2 is 1.89 bits per heavy atom. The van der Waals surface area contributed by atoms with Crippen LogP contribution in [0.3, 0.4) is 0 Å². The minimum absolute atomic E-state index is 0.0316. The summed E-state index contributed by atoms with van der Waals surface area (Å²) >= 11 is 0. The molecule has 0 aromatic carbocycles. The Balaban J connectivity index is 2.12. The Kier molecular flexibility index (Phi) is 4.62. The van der Waals surface area contributed by atoms with Crippen LogP contribution < -0.4 is 5.73 Å². The highest BCUT2D eigenvalue weighted by Crippen LogP contribution is 2.37. The highest BCUT2D eigenvalue weighted by Gasteiger charge is 2.42.